The van der Waals surface area contributed by atoms with Gasteiger partial charge < -0.3 is 15.4 Å². The van der Waals surface area contributed by atoms with Crippen LogP contribution in [0, 0.1) is 12.3 Å². The van der Waals surface area contributed by atoms with Crippen LogP contribution in [0.15, 0.2) is 18.2 Å². The fourth-order valence-corrected chi connectivity index (χ4v) is 2.85. The summed E-state index contributed by atoms with van der Waals surface area (Å²) in [6.45, 7) is 7.88. The molecule has 0 bridgehead atoms. The Morgan fingerprint density at radius 2 is 2.23 bits per heavy atom. The summed E-state index contributed by atoms with van der Waals surface area (Å²) in [7, 11) is 0. The first-order valence-corrected chi connectivity index (χ1v) is 7.64. The molecule has 2 N–H and O–H groups in total. The van der Waals surface area contributed by atoms with Crippen LogP contribution in [0.1, 0.15) is 25.8 Å². The minimum atomic E-state index is -0.509. The average Bonchev–Trinajstić information content (AvgIpc) is 2.84. The Kier molecular flexibility index (Phi) is 6.53. The van der Waals surface area contributed by atoms with Crippen LogP contribution < -0.4 is 10.5 Å². The van der Waals surface area contributed by atoms with Gasteiger partial charge in [-0.3, -0.25) is 4.79 Å². The monoisotopic (exact) mass is 346 g/mol. The van der Waals surface area contributed by atoms with Gasteiger partial charge in [-0.2, -0.15) is 0 Å². The molecule has 4 nitrogen and oxygen atoms in total. The van der Waals surface area contributed by atoms with Crippen molar-refractivity contribution in [2.45, 2.75) is 33.3 Å². The van der Waals surface area contributed by atoms with Crippen molar-refractivity contribution in [2.24, 2.45) is 11.1 Å². The quantitative estimate of drug-likeness (QED) is 0.911. The molecule has 0 aliphatic carbocycles. The number of aryl methyl sites for hydroxylation is 1. The molecule has 1 fully saturated rings. The lowest BCUT2D eigenvalue weighted by Gasteiger charge is -2.25. The zero-order valence-corrected chi connectivity index (χ0v) is 14.8. The van der Waals surface area contributed by atoms with Crippen LogP contribution in [0.3, 0.4) is 0 Å². The number of nitrogens with zero attached hydrogens (tertiary/aromatic N) is 1. The summed E-state index contributed by atoms with van der Waals surface area (Å²) < 4.78 is 5.80. The second kappa shape index (κ2) is 7.53. The Morgan fingerprint density at radius 3 is 2.77 bits per heavy atom. The van der Waals surface area contributed by atoms with E-state index >= 15 is 0 Å². The van der Waals surface area contributed by atoms with Gasteiger partial charge >= 0.3 is 0 Å². The standard InChI is InChI=1S/C16H23ClN2O2.ClH/c1-11-8-13(17)4-5-14(11)21-12(2)15(20)19-7-6-16(3,9-18)10-19;/h4-5,8,12H,6-7,9-10,18H2,1-3H3;1H. The molecule has 1 aliphatic heterocycles. The average molecular weight is 347 g/mol. The Morgan fingerprint density at radius 1 is 1.55 bits per heavy atom. The Balaban J connectivity index is 0.00000242. The number of nitrogens with two attached hydrogens (primary N) is 1. The largest absolute Gasteiger partial charge is 0.481 e. The van der Waals surface area contributed by atoms with Crippen molar-refractivity contribution >= 4 is 29.9 Å². The highest BCUT2D eigenvalue weighted by molar-refractivity contribution is 6.30. The first kappa shape index (κ1) is 19.1. The highest BCUT2D eigenvalue weighted by Crippen LogP contribution is 2.29. The van der Waals surface area contributed by atoms with Crippen LogP contribution in [0.2, 0.25) is 5.02 Å². The van der Waals surface area contributed by atoms with Gasteiger partial charge in [0.05, 0.1) is 0 Å². The normalized spacial score (nSPS) is 22.1. The van der Waals surface area contributed by atoms with E-state index in [0.717, 1.165) is 18.5 Å². The molecule has 0 saturated carbocycles. The second-order valence-corrected chi connectivity index (χ2v) is 6.63. The minimum Gasteiger partial charge on any atom is -0.481 e. The van der Waals surface area contributed by atoms with Crippen molar-refractivity contribution in [3.05, 3.63) is 28.8 Å². The lowest BCUT2D eigenvalue weighted by molar-refractivity contribution is -0.137. The molecule has 1 aromatic rings. The number of halogens is 2. The Hall–Kier alpha value is -0.970. The molecule has 124 valence electrons. The lowest BCUT2D eigenvalue weighted by atomic mass is 9.90. The molecule has 1 aromatic carbocycles. The molecule has 1 aliphatic rings. The van der Waals surface area contributed by atoms with E-state index in [9.17, 15) is 4.79 Å². The zero-order chi connectivity index (χ0) is 15.6. The van der Waals surface area contributed by atoms with E-state index in [0.29, 0.717) is 23.9 Å². The van der Waals surface area contributed by atoms with Crippen molar-refractivity contribution in [2.75, 3.05) is 19.6 Å². The lowest BCUT2D eigenvalue weighted by Crippen LogP contribution is -2.41. The minimum absolute atomic E-state index is 0. The molecule has 1 heterocycles. The van der Waals surface area contributed by atoms with Crippen LogP contribution in [0.5, 0.6) is 5.75 Å². The van der Waals surface area contributed by atoms with Gasteiger partial charge in [-0.25, -0.2) is 0 Å². The predicted octanol–water partition coefficient (Wildman–Crippen LogP) is 3.03. The number of ether oxygens (including phenoxy) is 1. The third kappa shape index (κ3) is 4.28. The summed E-state index contributed by atoms with van der Waals surface area (Å²) in [6, 6.07) is 5.40. The van der Waals surface area contributed by atoms with Crippen molar-refractivity contribution in [1.29, 1.82) is 0 Å². The molecule has 0 spiro atoms. The van der Waals surface area contributed by atoms with Crippen LogP contribution in [0.25, 0.3) is 0 Å². The number of hydrogen-bond donors (Lipinski definition) is 1. The van der Waals surface area contributed by atoms with E-state index in [-0.39, 0.29) is 23.7 Å². The van der Waals surface area contributed by atoms with Gasteiger partial charge in [-0.05, 0) is 56.0 Å². The van der Waals surface area contributed by atoms with Crippen molar-refractivity contribution < 1.29 is 9.53 Å². The summed E-state index contributed by atoms with van der Waals surface area (Å²) >= 11 is 5.92. The van der Waals surface area contributed by atoms with Gasteiger partial charge in [-0.15, -0.1) is 12.4 Å². The molecule has 2 unspecified atom stereocenters. The molecular formula is C16H24Cl2N2O2. The fraction of sp³-hybridized carbons (Fsp3) is 0.562. The van der Waals surface area contributed by atoms with E-state index < -0.39 is 6.10 Å². The van der Waals surface area contributed by atoms with Gasteiger partial charge in [0.2, 0.25) is 0 Å². The van der Waals surface area contributed by atoms with Crippen molar-refractivity contribution in [3.8, 4) is 5.75 Å². The Bertz CT molecular complexity index is 539. The third-order valence-corrected chi connectivity index (χ3v) is 4.39. The summed E-state index contributed by atoms with van der Waals surface area (Å²) in [5.74, 6) is 0.711. The first-order valence-electron chi connectivity index (χ1n) is 7.26. The molecule has 1 saturated heterocycles. The van der Waals surface area contributed by atoms with Crippen LogP contribution >= 0.6 is 24.0 Å². The molecule has 6 heteroatoms. The van der Waals surface area contributed by atoms with E-state index in [1.54, 1.807) is 19.1 Å². The molecule has 0 radical (unpaired) electrons. The predicted molar refractivity (Wildman–Crippen MR) is 91.9 cm³/mol. The number of hydrogen-bond acceptors (Lipinski definition) is 3. The van der Waals surface area contributed by atoms with Crippen LogP contribution in [0.4, 0.5) is 0 Å². The van der Waals surface area contributed by atoms with E-state index in [1.807, 2.05) is 17.9 Å². The number of benzene rings is 1. The smallest absolute Gasteiger partial charge is 0.263 e. The van der Waals surface area contributed by atoms with E-state index in [2.05, 4.69) is 6.92 Å². The van der Waals surface area contributed by atoms with Crippen molar-refractivity contribution in [3.63, 3.8) is 0 Å². The fourth-order valence-electron chi connectivity index (χ4n) is 2.62. The first-order chi connectivity index (χ1) is 9.84. The van der Waals surface area contributed by atoms with Gasteiger partial charge in [0.1, 0.15) is 5.75 Å². The Labute approximate surface area is 143 Å². The van der Waals surface area contributed by atoms with Crippen molar-refractivity contribution in [1.82, 2.24) is 4.90 Å². The van der Waals surface area contributed by atoms with Gasteiger partial charge in [0.25, 0.3) is 5.91 Å². The number of likely N-dealkylation sites (tertiary alicyclic amines) is 1. The third-order valence-electron chi connectivity index (χ3n) is 4.15. The van der Waals surface area contributed by atoms with E-state index in [1.165, 1.54) is 0 Å². The molecule has 1 amide bonds. The number of rotatable bonds is 4. The maximum absolute atomic E-state index is 12.5. The van der Waals surface area contributed by atoms with Gasteiger partial charge in [-0.1, -0.05) is 18.5 Å². The summed E-state index contributed by atoms with van der Waals surface area (Å²) in [5.41, 5.74) is 6.74. The number of carbonyl (C=O) groups is 1. The summed E-state index contributed by atoms with van der Waals surface area (Å²) in [4.78, 5) is 14.3. The summed E-state index contributed by atoms with van der Waals surface area (Å²) in [6.07, 6.45) is 0.437. The molecule has 22 heavy (non-hydrogen) atoms. The van der Waals surface area contributed by atoms with Crippen LogP contribution in [-0.4, -0.2) is 36.5 Å². The topological polar surface area (TPSA) is 55.6 Å². The highest BCUT2D eigenvalue weighted by atomic mass is 35.5. The SMILES string of the molecule is Cc1cc(Cl)ccc1OC(C)C(=O)N1CCC(C)(CN)C1.Cl. The number of carbonyl (C=O) groups excluding carboxylic acids is 1. The van der Waals surface area contributed by atoms with Crippen LogP contribution in [-0.2, 0) is 4.79 Å². The molecule has 0 aromatic heterocycles. The second-order valence-electron chi connectivity index (χ2n) is 6.19. The summed E-state index contributed by atoms with van der Waals surface area (Å²) in [5, 5.41) is 0.664. The maximum Gasteiger partial charge on any atom is 0.263 e. The molecule has 2 rings (SSSR count). The van der Waals surface area contributed by atoms with Gasteiger partial charge in [0.15, 0.2) is 6.10 Å². The van der Waals surface area contributed by atoms with Gasteiger partial charge in [0, 0.05) is 18.1 Å². The zero-order valence-electron chi connectivity index (χ0n) is 13.3. The maximum atomic E-state index is 12.5. The van der Waals surface area contributed by atoms with E-state index in [4.69, 9.17) is 22.1 Å². The highest BCUT2D eigenvalue weighted by Gasteiger charge is 2.36. The molecule has 2 atom stereocenters. The number of amides is 1. The molecular weight excluding hydrogens is 323 g/mol.